The van der Waals surface area contributed by atoms with Crippen LogP contribution in [-0.4, -0.2) is 30.3 Å². The van der Waals surface area contributed by atoms with Gasteiger partial charge in [-0.3, -0.25) is 19.3 Å². The van der Waals surface area contributed by atoms with E-state index in [2.05, 4.69) is 10.6 Å². The molecular formula is C27H31N3O5. The molecule has 1 aliphatic carbocycles. The Kier molecular flexibility index (Phi) is 7.39. The summed E-state index contributed by atoms with van der Waals surface area (Å²) in [4.78, 5) is 41.1. The molecule has 0 aliphatic heterocycles. The molecule has 1 atom stereocenters. The van der Waals surface area contributed by atoms with Crippen molar-refractivity contribution in [1.29, 1.82) is 0 Å². The summed E-state index contributed by atoms with van der Waals surface area (Å²) in [5.74, 6) is -0.167. The molecule has 2 aromatic heterocycles. The van der Waals surface area contributed by atoms with Crippen LogP contribution >= 0.6 is 0 Å². The molecule has 3 aromatic rings. The van der Waals surface area contributed by atoms with E-state index in [0.717, 1.165) is 36.8 Å². The average Bonchev–Trinajstić information content (AvgIpc) is 3.61. The zero-order valence-electron chi connectivity index (χ0n) is 20.3. The molecule has 0 saturated heterocycles. The standard InChI is InChI=1S/C27H31N3O5/c1-17-10-12-21(15-18(17)2)30(24(31)16-28-26(32)23-9-6-14-34-23)25(22-13-11-19(3)35-22)27(33)29-20-7-4-5-8-20/h6,9-15,20,25H,4-5,7-8,16H2,1-3H3,(H,28,32)(H,29,33). The number of nitrogens with zero attached hydrogens (tertiary/aromatic N) is 1. The van der Waals surface area contributed by atoms with Gasteiger partial charge in [0.25, 0.3) is 11.8 Å². The van der Waals surface area contributed by atoms with Crippen molar-refractivity contribution in [2.75, 3.05) is 11.4 Å². The van der Waals surface area contributed by atoms with Gasteiger partial charge >= 0.3 is 0 Å². The molecule has 0 bridgehead atoms. The first kappa shape index (κ1) is 24.3. The lowest BCUT2D eigenvalue weighted by Gasteiger charge is -2.31. The summed E-state index contributed by atoms with van der Waals surface area (Å²) in [5, 5.41) is 5.71. The lowest BCUT2D eigenvalue weighted by Crippen LogP contribution is -2.49. The van der Waals surface area contributed by atoms with Crippen LogP contribution in [0.25, 0.3) is 0 Å². The smallest absolute Gasteiger partial charge is 0.287 e. The molecule has 8 heteroatoms. The molecular weight excluding hydrogens is 446 g/mol. The van der Waals surface area contributed by atoms with Crippen LogP contribution in [0.3, 0.4) is 0 Å². The van der Waals surface area contributed by atoms with E-state index in [-0.39, 0.29) is 24.3 Å². The van der Waals surface area contributed by atoms with E-state index >= 15 is 0 Å². The average molecular weight is 478 g/mol. The molecule has 3 amide bonds. The third-order valence-corrected chi connectivity index (χ3v) is 6.42. The highest BCUT2D eigenvalue weighted by molar-refractivity contribution is 6.04. The summed E-state index contributed by atoms with van der Waals surface area (Å²) >= 11 is 0. The SMILES string of the molecule is Cc1ccc(C(C(=O)NC2CCCC2)N(C(=O)CNC(=O)c2ccco2)c2ccc(C)c(C)c2)o1. The number of rotatable bonds is 8. The van der Waals surface area contributed by atoms with Gasteiger partial charge in [-0.1, -0.05) is 18.9 Å². The third kappa shape index (κ3) is 5.65. The van der Waals surface area contributed by atoms with E-state index in [0.29, 0.717) is 17.2 Å². The van der Waals surface area contributed by atoms with Crippen molar-refractivity contribution in [3.8, 4) is 0 Å². The number of benzene rings is 1. The molecule has 1 saturated carbocycles. The maximum absolute atomic E-state index is 13.6. The van der Waals surface area contributed by atoms with Gasteiger partial charge in [-0.2, -0.15) is 0 Å². The van der Waals surface area contributed by atoms with Crippen molar-refractivity contribution < 1.29 is 23.2 Å². The van der Waals surface area contributed by atoms with Crippen LogP contribution in [-0.2, 0) is 9.59 Å². The Bertz CT molecular complexity index is 1190. The number of hydrogen-bond acceptors (Lipinski definition) is 5. The third-order valence-electron chi connectivity index (χ3n) is 6.42. The van der Waals surface area contributed by atoms with Crippen LogP contribution in [0.5, 0.6) is 0 Å². The summed E-state index contributed by atoms with van der Waals surface area (Å²) in [6.07, 6.45) is 5.34. The normalized spacial score (nSPS) is 14.5. The first-order valence-corrected chi connectivity index (χ1v) is 11.9. The van der Waals surface area contributed by atoms with Gasteiger partial charge in [0.2, 0.25) is 5.91 Å². The second-order valence-corrected chi connectivity index (χ2v) is 9.03. The minimum atomic E-state index is -1.03. The van der Waals surface area contributed by atoms with Crippen LogP contribution in [0.4, 0.5) is 5.69 Å². The minimum absolute atomic E-state index is 0.0661. The molecule has 0 radical (unpaired) electrons. The number of furan rings is 2. The number of carbonyl (C=O) groups is 3. The van der Waals surface area contributed by atoms with Crippen molar-refractivity contribution >= 4 is 23.4 Å². The predicted octanol–water partition coefficient (Wildman–Crippen LogP) is 4.36. The number of amides is 3. The van der Waals surface area contributed by atoms with Crippen LogP contribution < -0.4 is 15.5 Å². The van der Waals surface area contributed by atoms with Crippen molar-refractivity contribution in [2.24, 2.45) is 0 Å². The lowest BCUT2D eigenvalue weighted by atomic mass is 10.1. The van der Waals surface area contributed by atoms with Gasteiger partial charge in [-0.25, -0.2) is 0 Å². The van der Waals surface area contributed by atoms with Gasteiger partial charge in [0.05, 0.1) is 12.8 Å². The molecule has 2 N–H and O–H groups in total. The molecule has 184 valence electrons. The Morgan fingerprint density at radius 1 is 1.03 bits per heavy atom. The first-order valence-electron chi connectivity index (χ1n) is 11.9. The Hall–Kier alpha value is -3.81. The monoisotopic (exact) mass is 477 g/mol. The van der Waals surface area contributed by atoms with E-state index in [1.165, 1.54) is 17.2 Å². The van der Waals surface area contributed by atoms with Crippen molar-refractivity contribution in [3.63, 3.8) is 0 Å². The highest BCUT2D eigenvalue weighted by atomic mass is 16.3. The summed E-state index contributed by atoms with van der Waals surface area (Å²) in [6, 6.07) is 11.2. The summed E-state index contributed by atoms with van der Waals surface area (Å²) in [7, 11) is 0. The van der Waals surface area contributed by atoms with E-state index < -0.39 is 17.9 Å². The molecule has 1 unspecified atom stereocenters. The van der Waals surface area contributed by atoms with E-state index in [1.54, 1.807) is 31.2 Å². The Balaban J connectivity index is 1.68. The van der Waals surface area contributed by atoms with Gasteiger partial charge < -0.3 is 19.5 Å². The number of anilines is 1. The second-order valence-electron chi connectivity index (χ2n) is 9.03. The molecule has 0 spiro atoms. The number of carbonyl (C=O) groups excluding carboxylic acids is 3. The zero-order chi connectivity index (χ0) is 24.9. The van der Waals surface area contributed by atoms with Crippen molar-refractivity contribution in [1.82, 2.24) is 10.6 Å². The molecule has 8 nitrogen and oxygen atoms in total. The highest BCUT2D eigenvalue weighted by Crippen LogP contribution is 2.31. The number of aryl methyl sites for hydroxylation is 3. The minimum Gasteiger partial charge on any atom is -0.464 e. The van der Waals surface area contributed by atoms with E-state index in [9.17, 15) is 14.4 Å². The fraction of sp³-hybridized carbons (Fsp3) is 0.370. The second kappa shape index (κ2) is 10.6. The Morgan fingerprint density at radius 3 is 2.43 bits per heavy atom. The Labute approximate surface area is 204 Å². The van der Waals surface area contributed by atoms with E-state index in [4.69, 9.17) is 8.83 Å². The summed E-state index contributed by atoms with van der Waals surface area (Å²) in [6.45, 7) is 5.40. The largest absolute Gasteiger partial charge is 0.464 e. The predicted molar refractivity (Wildman–Crippen MR) is 131 cm³/mol. The first-order chi connectivity index (χ1) is 16.8. The molecule has 2 heterocycles. The van der Waals surface area contributed by atoms with Gasteiger partial charge in [-0.15, -0.1) is 0 Å². The van der Waals surface area contributed by atoms with Gasteiger partial charge in [-0.05, 0) is 81.1 Å². The summed E-state index contributed by atoms with van der Waals surface area (Å²) in [5.41, 5.74) is 2.59. The number of nitrogens with one attached hydrogen (secondary N) is 2. The zero-order valence-corrected chi connectivity index (χ0v) is 20.3. The van der Waals surface area contributed by atoms with Gasteiger partial charge in [0.1, 0.15) is 11.5 Å². The topological polar surface area (TPSA) is 105 Å². The molecule has 35 heavy (non-hydrogen) atoms. The maximum Gasteiger partial charge on any atom is 0.287 e. The van der Waals surface area contributed by atoms with Crippen LogP contribution in [0.15, 0.2) is 57.6 Å². The fourth-order valence-electron chi connectivity index (χ4n) is 4.37. The number of hydrogen-bond donors (Lipinski definition) is 2. The molecule has 4 rings (SSSR count). The van der Waals surface area contributed by atoms with Gasteiger partial charge in [0.15, 0.2) is 11.8 Å². The van der Waals surface area contributed by atoms with Crippen LogP contribution in [0.1, 0.15) is 64.9 Å². The van der Waals surface area contributed by atoms with Crippen LogP contribution in [0.2, 0.25) is 0 Å². The highest BCUT2D eigenvalue weighted by Gasteiger charge is 2.36. The lowest BCUT2D eigenvalue weighted by molar-refractivity contribution is -0.127. The maximum atomic E-state index is 13.6. The van der Waals surface area contributed by atoms with Gasteiger partial charge in [0, 0.05) is 11.7 Å². The molecule has 1 fully saturated rings. The van der Waals surface area contributed by atoms with Crippen molar-refractivity contribution in [2.45, 2.75) is 58.5 Å². The fourth-order valence-corrected chi connectivity index (χ4v) is 4.37. The quantitative estimate of drug-likeness (QED) is 0.502. The van der Waals surface area contributed by atoms with Crippen molar-refractivity contribution in [3.05, 3.63) is 77.1 Å². The Morgan fingerprint density at radius 2 is 1.80 bits per heavy atom. The molecule has 1 aromatic carbocycles. The summed E-state index contributed by atoms with van der Waals surface area (Å²) < 4.78 is 11.0. The van der Waals surface area contributed by atoms with E-state index in [1.807, 2.05) is 26.0 Å². The van der Waals surface area contributed by atoms with Crippen LogP contribution in [0, 0.1) is 20.8 Å². The molecule has 1 aliphatic rings.